The molecular weight excluding hydrogens is 467 g/mol. The van der Waals surface area contributed by atoms with Crippen molar-refractivity contribution in [3.63, 3.8) is 0 Å². The van der Waals surface area contributed by atoms with E-state index in [1.165, 1.54) is 12.3 Å². The molecular formula is C21H25FN6O5S. The van der Waals surface area contributed by atoms with Gasteiger partial charge in [-0.2, -0.15) is 13.5 Å². The molecule has 0 amide bonds. The number of carbonyl (C=O) groups is 1. The van der Waals surface area contributed by atoms with E-state index in [4.69, 9.17) is 5.14 Å². The topological polar surface area (TPSA) is 162 Å². The summed E-state index contributed by atoms with van der Waals surface area (Å²) in [7, 11) is -4.24. The van der Waals surface area contributed by atoms with Crippen LogP contribution < -0.4 is 10.5 Å². The van der Waals surface area contributed by atoms with E-state index in [2.05, 4.69) is 24.6 Å². The first kappa shape index (κ1) is 25.4. The van der Waals surface area contributed by atoms with Crippen LogP contribution in [0.3, 0.4) is 0 Å². The molecule has 0 saturated carbocycles. The molecule has 0 saturated heterocycles. The lowest BCUT2D eigenvalue weighted by atomic mass is 9.99. The second-order valence-electron chi connectivity index (χ2n) is 7.48. The van der Waals surface area contributed by atoms with Gasteiger partial charge >= 0.3 is 10.3 Å². The highest BCUT2D eigenvalue weighted by Crippen LogP contribution is 2.21. The van der Waals surface area contributed by atoms with E-state index in [0.29, 0.717) is 6.54 Å². The summed E-state index contributed by atoms with van der Waals surface area (Å²) >= 11 is 0. The number of halogens is 1. The Labute approximate surface area is 196 Å². The molecule has 0 aliphatic heterocycles. The average molecular weight is 493 g/mol. The monoisotopic (exact) mass is 492 g/mol. The summed E-state index contributed by atoms with van der Waals surface area (Å²) in [5.74, 6) is -1.58. The van der Waals surface area contributed by atoms with Gasteiger partial charge in [-0.1, -0.05) is 37.3 Å². The molecule has 13 heteroatoms. The Morgan fingerprint density at radius 1 is 1.29 bits per heavy atom. The van der Waals surface area contributed by atoms with Crippen LogP contribution in [0.1, 0.15) is 35.0 Å². The first-order valence-electron chi connectivity index (χ1n) is 10.4. The number of aromatic nitrogens is 4. The number of benzene rings is 1. The quantitative estimate of drug-likeness (QED) is 0.250. The highest BCUT2D eigenvalue weighted by molar-refractivity contribution is 7.84. The molecule has 0 spiro atoms. The van der Waals surface area contributed by atoms with Crippen LogP contribution in [-0.4, -0.2) is 58.1 Å². The smallest absolute Gasteiger partial charge is 0.333 e. The Kier molecular flexibility index (Phi) is 8.39. The molecule has 0 unspecified atom stereocenters. The van der Waals surface area contributed by atoms with Gasteiger partial charge in [0.25, 0.3) is 0 Å². The van der Waals surface area contributed by atoms with Crippen molar-refractivity contribution in [3.05, 3.63) is 71.9 Å². The second kappa shape index (κ2) is 11.2. The van der Waals surface area contributed by atoms with Crippen molar-refractivity contribution >= 4 is 21.9 Å². The molecule has 3 aromatic rings. The van der Waals surface area contributed by atoms with E-state index in [0.717, 1.165) is 11.9 Å². The summed E-state index contributed by atoms with van der Waals surface area (Å²) in [5, 5.41) is 21.8. The fourth-order valence-corrected chi connectivity index (χ4v) is 3.55. The number of hydrogen-bond donors (Lipinski definition) is 3. The number of nitrogens with zero attached hydrogens (tertiary/aromatic N) is 4. The first-order chi connectivity index (χ1) is 16.2. The SMILES string of the molecule is CC[C@H](COS(N)(=O)=O)[C@@H](O)[C@H](F)Nc1ncncc1C(=O)c1ccn(Cc2ccccc2)n1. The normalized spacial score (nSPS) is 14.4. The number of ketones is 1. The Bertz CT molecular complexity index is 1210. The molecule has 2 heterocycles. The molecule has 0 aliphatic carbocycles. The predicted molar refractivity (Wildman–Crippen MR) is 121 cm³/mol. The maximum Gasteiger partial charge on any atom is 0.333 e. The van der Waals surface area contributed by atoms with E-state index >= 15 is 0 Å². The molecule has 0 radical (unpaired) electrons. The highest BCUT2D eigenvalue weighted by atomic mass is 32.2. The molecule has 2 aromatic heterocycles. The molecule has 3 rings (SSSR count). The maximum atomic E-state index is 14.8. The molecule has 11 nitrogen and oxygen atoms in total. The number of aliphatic hydroxyl groups excluding tert-OH is 1. The van der Waals surface area contributed by atoms with E-state index in [9.17, 15) is 22.7 Å². The third-order valence-electron chi connectivity index (χ3n) is 5.05. The lowest BCUT2D eigenvalue weighted by Crippen LogP contribution is -2.39. The van der Waals surface area contributed by atoms with Crippen LogP contribution in [0.25, 0.3) is 0 Å². The van der Waals surface area contributed by atoms with Crippen molar-refractivity contribution in [2.24, 2.45) is 11.1 Å². The summed E-state index contributed by atoms with van der Waals surface area (Å²) in [5.41, 5.74) is 1.06. The van der Waals surface area contributed by atoms with Crippen molar-refractivity contribution in [1.82, 2.24) is 19.7 Å². The number of aliphatic hydroxyl groups is 1. The molecule has 0 bridgehead atoms. The lowest BCUT2D eigenvalue weighted by molar-refractivity contribution is 0.0207. The minimum Gasteiger partial charge on any atom is -0.388 e. The predicted octanol–water partition coefficient (Wildman–Crippen LogP) is 1.27. The number of nitrogens with two attached hydrogens (primary N) is 1. The molecule has 1 aromatic carbocycles. The molecule has 182 valence electrons. The third kappa shape index (κ3) is 6.87. The van der Waals surface area contributed by atoms with Crippen LogP contribution in [0.5, 0.6) is 0 Å². The number of carbonyl (C=O) groups excluding carboxylic acids is 1. The van der Waals surface area contributed by atoms with Crippen LogP contribution in [0.15, 0.2) is 55.1 Å². The van der Waals surface area contributed by atoms with Gasteiger partial charge in [-0.05, 0) is 18.1 Å². The third-order valence-corrected chi connectivity index (χ3v) is 5.51. The molecule has 0 fully saturated rings. The van der Waals surface area contributed by atoms with Crippen molar-refractivity contribution in [2.45, 2.75) is 32.3 Å². The zero-order valence-electron chi connectivity index (χ0n) is 18.3. The van der Waals surface area contributed by atoms with Gasteiger partial charge in [-0.15, -0.1) is 0 Å². The lowest BCUT2D eigenvalue weighted by Gasteiger charge is -2.25. The van der Waals surface area contributed by atoms with Gasteiger partial charge in [0, 0.05) is 18.3 Å². The Morgan fingerprint density at radius 3 is 2.71 bits per heavy atom. The maximum absolute atomic E-state index is 14.8. The van der Waals surface area contributed by atoms with Crippen molar-refractivity contribution < 1.29 is 26.9 Å². The van der Waals surface area contributed by atoms with Crippen molar-refractivity contribution in [2.75, 3.05) is 11.9 Å². The number of alkyl halides is 1. The fourth-order valence-electron chi connectivity index (χ4n) is 3.19. The second-order valence-corrected chi connectivity index (χ2v) is 8.70. The molecule has 4 N–H and O–H groups in total. The van der Waals surface area contributed by atoms with Crippen molar-refractivity contribution in [3.8, 4) is 0 Å². The minimum absolute atomic E-state index is 0.0452. The van der Waals surface area contributed by atoms with Gasteiger partial charge in [-0.25, -0.2) is 19.5 Å². The summed E-state index contributed by atoms with van der Waals surface area (Å²) in [6.45, 7) is 1.58. The number of hydrogen-bond acceptors (Lipinski definition) is 9. The average Bonchev–Trinajstić information content (AvgIpc) is 3.27. The summed E-state index contributed by atoms with van der Waals surface area (Å²) < 4.78 is 42.9. The van der Waals surface area contributed by atoms with E-state index in [1.54, 1.807) is 17.8 Å². The van der Waals surface area contributed by atoms with E-state index in [1.807, 2.05) is 30.3 Å². The minimum atomic E-state index is -4.24. The van der Waals surface area contributed by atoms with Gasteiger partial charge in [0.2, 0.25) is 5.78 Å². The van der Waals surface area contributed by atoms with Crippen LogP contribution in [0, 0.1) is 5.92 Å². The van der Waals surface area contributed by atoms with Crippen LogP contribution in [-0.2, 0) is 21.0 Å². The number of nitrogens with one attached hydrogen (secondary N) is 1. The van der Waals surface area contributed by atoms with E-state index < -0.39 is 41.0 Å². The summed E-state index contributed by atoms with van der Waals surface area (Å²) in [6, 6.07) is 11.1. The summed E-state index contributed by atoms with van der Waals surface area (Å²) in [4.78, 5) is 20.8. The standard InChI is InChI=1S/C21H25FN6O5S/c1-2-15(12-33-34(23,31)32)18(29)20(22)26-21-16(10-24-13-25-21)19(30)17-8-9-28(27-17)11-14-6-4-3-5-7-14/h3-10,13,15,18,20,29H,2,11-12H2,1H3,(H2,23,31,32)(H,24,25,26)/t15-,18-,20-/m1/s1. The first-order valence-corrected chi connectivity index (χ1v) is 11.8. The van der Waals surface area contributed by atoms with Crippen molar-refractivity contribution in [1.29, 1.82) is 0 Å². The zero-order valence-corrected chi connectivity index (χ0v) is 19.1. The fraction of sp³-hybridized carbons (Fsp3) is 0.333. The Balaban J connectivity index is 1.72. The van der Waals surface area contributed by atoms with Crippen LogP contribution in [0.2, 0.25) is 0 Å². The Morgan fingerprint density at radius 2 is 2.03 bits per heavy atom. The van der Waals surface area contributed by atoms with Gasteiger partial charge in [-0.3, -0.25) is 13.7 Å². The number of rotatable bonds is 12. The van der Waals surface area contributed by atoms with Gasteiger partial charge in [0.1, 0.15) is 23.9 Å². The largest absolute Gasteiger partial charge is 0.388 e. The van der Waals surface area contributed by atoms with Gasteiger partial charge in [0.15, 0.2) is 6.30 Å². The zero-order chi connectivity index (χ0) is 24.7. The highest BCUT2D eigenvalue weighted by Gasteiger charge is 2.30. The van der Waals surface area contributed by atoms with Gasteiger partial charge < -0.3 is 10.4 Å². The molecule has 0 aliphatic rings. The number of anilines is 1. The van der Waals surface area contributed by atoms with Crippen LogP contribution >= 0.6 is 0 Å². The van der Waals surface area contributed by atoms with Crippen LogP contribution in [0.4, 0.5) is 10.2 Å². The van der Waals surface area contributed by atoms with Gasteiger partial charge in [0.05, 0.1) is 18.7 Å². The molecule has 34 heavy (non-hydrogen) atoms. The Hall–Kier alpha value is -3.26. The summed E-state index contributed by atoms with van der Waals surface area (Å²) in [6.07, 6.45) is 0.423. The molecule has 3 atom stereocenters. The van der Waals surface area contributed by atoms with E-state index in [-0.39, 0.29) is 23.5 Å².